The predicted molar refractivity (Wildman–Crippen MR) is 51.4 cm³/mol. The first kappa shape index (κ1) is 9.96. The van der Waals surface area contributed by atoms with Gasteiger partial charge in [0.1, 0.15) is 12.1 Å². The highest BCUT2D eigenvalue weighted by Gasteiger charge is 2.16. The second kappa shape index (κ2) is 3.73. The van der Waals surface area contributed by atoms with Gasteiger partial charge in [-0.15, -0.1) is 0 Å². The average Bonchev–Trinajstić information content (AvgIpc) is 2.48. The van der Waals surface area contributed by atoms with E-state index in [0.29, 0.717) is 0 Å². The monoisotopic (exact) mass is 180 g/mol. The predicted octanol–water partition coefficient (Wildman–Crippen LogP) is 1.58. The molecule has 13 heavy (non-hydrogen) atoms. The van der Waals surface area contributed by atoms with Gasteiger partial charge in [-0.25, -0.2) is 4.98 Å². The Morgan fingerprint density at radius 3 is 2.77 bits per heavy atom. The molecule has 0 bridgehead atoms. The summed E-state index contributed by atoms with van der Waals surface area (Å²) in [6.07, 6.45) is 6.42. The van der Waals surface area contributed by atoms with Crippen LogP contribution < -0.4 is 0 Å². The largest absolute Gasteiger partial charge is 0.338 e. The van der Waals surface area contributed by atoms with Crippen molar-refractivity contribution in [1.82, 2.24) is 9.55 Å². The van der Waals surface area contributed by atoms with Gasteiger partial charge in [0.2, 0.25) is 0 Å². The van der Waals surface area contributed by atoms with Crippen molar-refractivity contribution in [3.05, 3.63) is 18.2 Å². The van der Waals surface area contributed by atoms with Crippen molar-refractivity contribution in [2.75, 3.05) is 0 Å². The van der Waals surface area contributed by atoms with Crippen LogP contribution in [0, 0.1) is 5.41 Å². The lowest BCUT2D eigenvalue weighted by Crippen LogP contribution is -2.15. The number of carbonyl (C=O) groups excluding carboxylic acids is 1. The molecule has 0 radical (unpaired) electrons. The molecule has 0 aliphatic rings. The summed E-state index contributed by atoms with van der Waals surface area (Å²) in [6.45, 7) is 3.89. The Morgan fingerprint density at radius 1 is 1.62 bits per heavy atom. The van der Waals surface area contributed by atoms with E-state index in [0.717, 1.165) is 25.0 Å². The van der Waals surface area contributed by atoms with Crippen LogP contribution in [-0.4, -0.2) is 15.8 Å². The molecule has 0 atom stereocenters. The summed E-state index contributed by atoms with van der Waals surface area (Å²) >= 11 is 0. The van der Waals surface area contributed by atoms with Crippen LogP contribution in [0.25, 0.3) is 0 Å². The molecule has 0 amide bonds. The van der Waals surface area contributed by atoms with Crippen LogP contribution >= 0.6 is 0 Å². The van der Waals surface area contributed by atoms with E-state index in [4.69, 9.17) is 0 Å². The minimum Gasteiger partial charge on any atom is -0.338 e. The molecule has 1 aromatic rings. The number of rotatable bonds is 4. The van der Waals surface area contributed by atoms with E-state index in [1.165, 1.54) is 0 Å². The molecule has 0 N–H and O–H groups in total. The number of aldehydes is 1. The first-order valence-electron chi connectivity index (χ1n) is 4.48. The van der Waals surface area contributed by atoms with Gasteiger partial charge in [-0.2, -0.15) is 0 Å². The molecule has 3 heteroatoms. The minimum absolute atomic E-state index is 0.230. The van der Waals surface area contributed by atoms with Crippen LogP contribution in [-0.2, 0) is 18.3 Å². The summed E-state index contributed by atoms with van der Waals surface area (Å²) in [6, 6.07) is 0. The normalized spacial score (nSPS) is 11.6. The standard InChI is InChI=1S/C10H16N2O/c1-10(2,8-13)5-4-9-11-6-7-12(9)3/h6-8H,4-5H2,1-3H3. The van der Waals surface area contributed by atoms with Crippen molar-refractivity contribution >= 4 is 6.29 Å². The van der Waals surface area contributed by atoms with Gasteiger partial charge in [0.15, 0.2) is 0 Å². The van der Waals surface area contributed by atoms with Crippen molar-refractivity contribution in [1.29, 1.82) is 0 Å². The molecule has 1 heterocycles. The molecule has 0 saturated carbocycles. The lowest BCUT2D eigenvalue weighted by atomic mass is 9.90. The smallest absolute Gasteiger partial charge is 0.125 e. The van der Waals surface area contributed by atoms with Crippen molar-refractivity contribution < 1.29 is 4.79 Å². The molecule has 72 valence electrons. The van der Waals surface area contributed by atoms with E-state index in [-0.39, 0.29) is 5.41 Å². The third-order valence-corrected chi connectivity index (χ3v) is 2.23. The Labute approximate surface area is 78.8 Å². The zero-order valence-electron chi connectivity index (χ0n) is 8.45. The Kier molecular flexibility index (Phi) is 2.86. The fourth-order valence-electron chi connectivity index (χ4n) is 1.13. The molecule has 1 rings (SSSR count). The van der Waals surface area contributed by atoms with Crippen LogP contribution in [0.1, 0.15) is 26.1 Å². The Balaban J connectivity index is 2.53. The molecule has 0 aliphatic heterocycles. The van der Waals surface area contributed by atoms with Gasteiger partial charge in [-0.1, -0.05) is 13.8 Å². The lowest BCUT2D eigenvalue weighted by molar-refractivity contribution is -0.114. The SMILES string of the molecule is Cn1ccnc1CCC(C)(C)C=O. The van der Waals surface area contributed by atoms with Crippen molar-refractivity contribution in [2.45, 2.75) is 26.7 Å². The number of nitrogens with zero attached hydrogens (tertiary/aromatic N) is 2. The van der Waals surface area contributed by atoms with Crippen molar-refractivity contribution in [3.63, 3.8) is 0 Å². The summed E-state index contributed by atoms with van der Waals surface area (Å²) in [4.78, 5) is 14.8. The number of imidazole rings is 1. The van der Waals surface area contributed by atoms with Gasteiger partial charge in [0.25, 0.3) is 0 Å². The van der Waals surface area contributed by atoms with Gasteiger partial charge in [0, 0.05) is 31.3 Å². The Hall–Kier alpha value is -1.12. The molecule has 1 aromatic heterocycles. The van der Waals surface area contributed by atoms with Crippen LogP contribution in [0.5, 0.6) is 0 Å². The molecule has 0 spiro atoms. The fourth-order valence-corrected chi connectivity index (χ4v) is 1.13. The van der Waals surface area contributed by atoms with Crippen molar-refractivity contribution in [3.8, 4) is 0 Å². The number of aromatic nitrogens is 2. The summed E-state index contributed by atoms with van der Waals surface area (Å²) in [5.74, 6) is 1.04. The summed E-state index contributed by atoms with van der Waals surface area (Å²) in [5, 5.41) is 0. The molecule has 0 aromatic carbocycles. The number of hydrogen-bond donors (Lipinski definition) is 0. The van der Waals surface area contributed by atoms with E-state index in [2.05, 4.69) is 4.98 Å². The van der Waals surface area contributed by atoms with Crippen LogP contribution in [0.4, 0.5) is 0 Å². The molecular formula is C10H16N2O. The Morgan fingerprint density at radius 2 is 2.31 bits per heavy atom. The van der Waals surface area contributed by atoms with Gasteiger partial charge < -0.3 is 9.36 Å². The number of aryl methyl sites for hydroxylation is 2. The maximum atomic E-state index is 10.6. The Bertz CT molecular complexity index is 289. The molecule has 0 saturated heterocycles. The van der Waals surface area contributed by atoms with Gasteiger partial charge in [-0.05, 0) is 6.42 Å². The van der Waals surface area contributed by atoms with E-state index >= 15 is 0 Å². The minimum atomic E-state index is -0.230. The number of hydrogen-bond acceptors (Lipinski definition) is 2. The zero-order valence-corrected chi connectivity index (χ0v) is 8.45. The summed E-state index contributed by atoms with van der Waals surface area (Å²) < 4.78 is 1.99. The highest BCUT2D eigenvalue weighted by Crippen LogP contribution is 2.18. The molecule has 3 nitrogen and oxygen atoms in total. The third-order valence-electron chi connectivity index (χ3n) is 2.23. The van der Waals surface area contributed by atoms with Crippen LogP contribution in [0.3, 0.4) is 0 Å². The van der Waals surface area contributed by atoms with Crippen LogP contribution in [0.15, 0.2) is 12.4 Å². The zero-order chi connectivity index (χ0) is 9.90. The molecule has 0 fully saturated rings. The van der Waals surface area contributed by atoms with E-state index in [9.17, 15) is 4.79 Å². The van der Waals surface area contributed by atoms with Gasteiger partial charge >= 0.3 is 0 Å². The highest BCUT2D eigenvalue weighted by atomic mass is 16.1. The average molecular weight is 180 g/mol. The van der Waals surface area contributed by atoms with E-state index < -0.39 is 0 Å². The lowest BCUT2D eigenvalue weighted by Gasteiger charge is -2.15. The van der Waals surface area contributed by atoms with Gasteiger partial charge in [-0.3, -0.25) is 0 Å². The van der Waals surface area contributed by atoms with E-state index in [1.54, 1.807) is 6.20 Å². The van der Waals surface area contributed by atoms with Gasteiger partial charge in [0.05, 0.1) is 0 Å². The first-order valence-corrected chi connectivity index (χ1v) is 4.48. The van der Waals surface area contributed by atoms with Crippen LogP contribution in [0.2, 0.25) is 0 Å². The number of carbonyl (C=O) groups is 1. The third kappa shape index (κ3) is 2.68. The second-order valence-corrected chi connectivity index (χ2v) is 4.06. The highest BCUT2D eigenvalue weighted by molar-refractivity contribution is 5.57. The molecule has 0 unspecified atom stereocenters. The van der Waals surface area contributed by atoms with E-state index in [1.807, 2.05) is 31.7 Å². The maximum absolute atomic E-state index is 10.6. The fraction of sp³-hybridized carbons (Fsp3) is 0.600. The summed E-state index contributed by atoms with van der Waals surface area (Å²) in [5.41, 5.74) is -0.230. The quantitative estimate of drug-likeness (QED) is 0.659. The summed E-state index contributed by atoms with van der Waals surface area (Å²) in [7, 11) is 1.97. The molecule has 0 aliphatic carbocycles. The van der Waals surface area contributed by atoms with Crippen molar-refractivity contribution in [2.24, 2.45) is 12.5 Å². The molecular weight excluding hydrogens is 164 g/mol. The first-order chi connectivity index (χ1) is 6.05. The topological polar surface area (TPSA) is 34.9 Å². The second-order valence-electron chi connectivity index (χ2n) is 4.06. The maximum Gasteiger partial charge on any atom is 0.125 e.